The summed E-state index contributed by atoms with van der Waals surface area (Å²) >= 11 is 0. The minimum Gasteiger partial charge on any atom is -0.493 e. The average Bonchev–Trinajstić information content (AvgIpc) is 3.45. The number of aromatic nitrogens is 1. The van der Waals surface area contributed by atoms with Gasteiger partial charge in [0.15, 0.2) is 23.0 Å². The van der Waals surface area contributed by atoms with Crippen LogP contribution in [-0.4, -0.2) is 61.3 Å². The van der Waals surface area contributed by atoms with Gasteiger partial charge < -0.3 is 23.3 Å². The van der Waals surface area contributed by atoms with Crippen molar-refractivity contribution in [3.05, 3.63) is 53.9 Å². The number of amides is 1. The summed E-state index contributed by atoms with van der Waals surface area (Å²) in [6, 6.07) is 11.1. The molecule has 1 aliphatic rings. The maximum atomic E-state index is 12.7. The van der Waals surface area contributed by atoms with E-state index in [9.17, 15) is 4.79 Å². The molecule has 1 amide bonds. The molecule has 0 aliphatic carbocycles. The number of rotatable bonds is 6. The fraction of sp³-hybridized carbons (Fsp3) is 0.333. The first-order chi connectivity index (χ1) is 14.2. The molecule has 0 spiro atoms. The molecule has 8 heteroatoms. The van der Waals surface area contributed by atoms with Crippen LogP contribution in [0.2, 0.25) is 0 Å². The molecular formula is C21H23N3O5. The number of nitrogens with zero attached hydrogens (tertiary/aromatic N) is 3. The zero-order valence-electron chi connectivity index (χ0n) is 16.5. The van der Waals surface area contributed by atoms with Gasteiger partial charge in [-0.3, -0.25) is 9.69 Å². The third kappa shape index (κ3) is 4.12. The summed E-state index contributed by atoms with van der Waals surface area (Å²) in [6.07, 6.45) is 1.55. The number of carbonyl (C=O) groups is 1. The number of carbonyl (C=O) groups excluding carboxylic acids is 1. The second-order valence-corrected chi connectivity index (χ2v) is 6.81. The lowest BCUT2D eigenvalue weighted by Gasteiger charge is -2.34. The predicted octanol–water partition coefficient (Wildman–Crippen LogP) is 2.91. The second kappa shape index (κ2) is 8.40. The summed E-state index contributed by atoms with van der Waals surface area (Å²) in [5, 5.41) is 3.90. The lowest BCUT2D eigenvalue weighted by atomic mass is 10.1. The standard InChI is InChI=1S/C21H23N3O5/c1-26-17-6-5-15(12-19(17)27-2)14-23-7-9-24(10-8-23)21(25)16-13-20(29-22-16)18-4-3-11-28-18/h3-6,11-13H,7-10,14H2,1-2H3. The second-order valence-electron chi connectivity index (χ2n) is 6.81. The molecule has 1 fully saturated rings. The fourth-order valence-electron chi connectivity index (χ4n) is 3.42. The monoisotopic (exact) mass is 397 g/mol. The van der Waals surface area contributed by atoms with Gasteiger partial charge in [-0.2, -0.15) is 0 Å². The molecule has 152 valence electrons. The SMILES string of the molecule is COc1ccc(CN2CCN(C(=O)c3cc(-c4ccco4)on3)CC2)cc1OC. The number of hydrogen-bond donors (Lipinski definition) is 0. The molecule has 0 unspecified atom stereocenters. The lowest BCUT2D eigenvalue weighted by Crippen LogP contribution is -2.48. The van der Waals surface area contributed by atoms with Gasteiger partial charge >= 0.3 is 0 Å². The van der Waals surface area contributed by atoms with E-state index in [2.05, 4.69) is 10.1 Å². The van der Waals surface area contributed by atoms with E-state index in [4.69, 9.17) is 18.4 Å². The number of methoxy groups -OCH3 is 2. The molecule has 3 aromatic rings. The van der Waals surface area contributed by atoms with Gasteiger partial charge in [-0.1, -0.05) is 11.2 Å². The van der Waals surface area contributed by atoms with Crippen molar-refractivity contribution in [2.75, 3.05) is 40.4 Å². The van der Waals surface area contributed by atoms with E-state index >= 15 is 0 Å². The van der Waals surface area contributed by atoms with Crippen LogP contribution in [0.4, 0.5) is 0 Å². The molecule has 2 aromatic heterocycles. The first kappa shape index (κ1) is 19.1. The third-order valence-corrected chi connectivity index (χ3v) is 5.01. The van der Waals surface area contributed by atoms with Crippen LogP contribution in [0.25, 0.3) is 11.5 Å². The Morgan fingerprint density at radius 1 is 1.03 bits per heavy atom. The highest BCUT2D eigenvalue weighted by Gasteiger charge is 2.25. The van der Waals surface area contributed by atoms with Crippen LogP contribution in [0.1, 0.15) is 16.1 Å². The van der Waals surface area contributed by atoms with E-state index < -0.39 is 0 Å². The first-order valence-electron chi connectivity index (χ1n) is 9.41. The van der Waals surface area contributed by atoms with Crippen LogP contribution in [0.5, 0.6) is 11.5 Å². The Balaban J connectivity index is 1.34. The zero-order valence-corrected chi connectivity index (χ0v) is 16.5. The minimum absolute atomic E-state index is 0.127. The van der Waals surface area contributed by atoms with Crippen LogP contribution < -0.4 is 9.47 Å². The van der Waals surface area contributed by atoms with E-state index in [0.29, 0.717) is 36.1 Å². The van der Waals surface area contributed by atoms with E-state index in [1.54, 1.807) is 43.6 Å². The van der Waals surface area contributed by atoms with Crippen molar-refractivity contribution in [3.8, 4) is 23.0 Å². The summed E-state index contributed by atoms with van der Waals surface area (Å²) in [7, 11) is 3.26. The third-order valence-electron chi connectivity index (χ3n) is 5.01. The maximum Gasteiger partial charge on any atom is 0.276 e. The molecule has 1 aliphatic heterocycles. The normalized spacial score (nSPS) is 14.8. The van der Waals surface area contributed by atoms with Crippen molar-refractivity contribution in [3.63, 3.8) is 0 Å². The van der Waals surface area contributed by atoms with Gasteiger partial charge in [-0.15, -0.1) is 0 Å². The molecule has 0 N–H and O–H groups in total. The maximum absolute atomic E-state index is 12.7. The molecule has 0 atom stereocenters. The highest BCUT2D eigenvalue weighted by molar-refractivity contribution is 5.93. The summed E-state index contributed by atoms with van der Waals surface area (Å²) in [4.78, 5) is 16.8. The lowest BCUT2D eigenvalue weighted by molar-refractivity contribution is 0.0618. The van der Waals surface area contributed by atoms with E-state index in [-0.39, 0.29) is 5.91 Å². The molecule has 0 saturated carbocycles. The van der Waals surface area contributed by atoms with Gasteiger partial charge in [0.25, 0.3) is 5.91 Å². The van der Waals surface area contributed by atoms with Gasteiger partial charge in [0.05, 0.1) is 20.5 Å². The first-order valence-corrected chi connectivity index (χ1v) is 9.41. The summed E-state index contributed by atoms with van der Waals surface area (Å²) < 4.78 is 21.2. The minimum atomic E-state index is -0.127. The van der Waals surface area contributed by atoms with Crippen molar-refractivity contribution < 1.29 is 23.2 Å². The fourth-order valence-corrected chi connectivity index (χ4v) is 3.42. The summed E-state index contributed by atoms with van der Waals surface area (Å²) in [5.41, 5.74) is 1.44. The number of benzene rings is 1. The Kier molecular flexibility index (Phi) is 5.53. The van der Waals surface area contributed by atoms with E-state index in [1.165, 1.54) is 0 Å². The highest BCUT2D eigenvalue weighted by atomic mass is 16.5. The molecule has 4 rings (SSSR count). The molecule has 8 nitrogen and oxygen atoms in total. The quantitative estimate of drug-likeness (QED) is 0.633. The molecular weight excluding hydrogens is 374 g/mol. The molecule has 1 aromatic carbocycles. The van der Waals surface area contributed by atoms with Crippen molar-refractivity contribution in [1.29, 1.82) is 0 Å². The van der Waals surface area contributed by atoms with Gasteiger partial charge in [0, 0.05) is 38.8 Å². The Bertz CT molecular complexity index is 959. The Hall–Kier alpha value is -3.26. The summed E-state index contributed by atoms with van der Waals surface area (Å²) in [5.74, 6) is 2.31. The van der Waals surface area contributed by atoms with E-state index in [0.717, 1.165) is 30.9 Å². The topological polar surface area (TPSA) is 81.2 Å². The van der Waals surface area contributed by atoms with Gasteiger partial charge in [-0.25, -0.2) is 0 Å². The van der Waals surface area contributed by atoms with Crippen molar-refractivity contribution in [2.45, 2.75) is 6.54 Å². The number of piperazine rings is 1. The van der Waals surface area contributed by atoms with Gasteiger partial charge in [0.2, 0.25) is 5.76 Å². The molecule has 1 saturated heterocycles. The predicted molar refractivity (Wildman–Crippen MR) is 105 cm³/mol. The number of hydrogen-bond acceptors (Lipinski definition) is 7. The molecule has 29 heavy (non-hydrogen) atoms. The molecule has 0 radical (unpaired) electrons. The Labute approximate surface area is 168 Å². The van der Waals surface area contributed by atoms with Gasteiger partial charge in [0.1, 0.15) is 0 Å². The van der Waals surface area contributed by atoms with Crippen molar-refractivity contribution >= 4 is 5.91 Å². The van der Waals surface area contributed by atoms with Crippen LogP contribution >= 0.6 is 0 Å². The zero-order chi connectivity index (χ0) is 20.2. The van der Waals surface area contributed by atoms with Crippen LogP contribution in [-0.2, 0) is 6.54 Å². The van der Waals surface area contributed by atoms with Crippen LogP contribution in [0.15, 0.2) is 51.6 Å². The van der Waals surface area contributed by atoms with Crippen molar-refractivity contribution in [1.82, 2.24) is 15.0 Å². The number of furan rings is 1. The van der Waals surface area contributed by atoms with E-state index in [1.807, 2.05) is 18.2 Å². The smallest absolute Gasteiger partial charge is 0.276 e. The Morgan fingerprint density at radius 3 is 2.52 bits per heavy atom. The number of ether oxygens (including phenoxy) is 2. The van der Waals surface area contributed by atoms with Gasteiger partial charge in [-0.05, 0) is 29.8 Å². The van der Waals surface area contributed by atoms with Crippen LogP contribution in [0, 0.1) is 0 Å². The highest BCUT2D eigenvalue weighted by Crippen LogP contribution is 2.28. The molecule has 3 heterocycles. The largest absolute Gasteiger partial charge is 0.493 e. The summed E-state index contributed by atoms with van der Waals surface area (Å²) in [6.45, 7) is 3.62. The average molecular weight is 397 g/mol. The Morgan fingerprint density at radius 2 is 1.83 bits per heavy atom. The van der Waals surface area contributed by atoms with Crippen molar-refractivity contribution in [2.24, 2.45) is 0 Å². The molecule has 0 bridgehead atoms. The van der Waals surface area contributed by atoms with Crippen LogP contribution in [0.3, 0.4) is 0 Å².